The number of halogens is 1. The topological polar surface area (TPSA) is 79.8 Å². The van der Waals surface area contributed by atoms with Gasteiger partial charge in [0.05, 0.1) is 29.8 Å². The second kappa shape index (κ2) is 9.15. The molecule has 0 aromatic heterocycles. The number of rotatable bonds is 4. The zero-order valence-corrected chi connectivity index (χ0v) is 19.4. The molecule has 1 aliphatic carbocycles. The van der Waals surface area contributed by atoms with Crippen LogP contribution in [-0.2, 0) is 14.6 Å². The summed E-state index contributed by atoms with van der Waals surface area (Å²) in [6, 6.07) is 0.799. The van der Waals surface area contributed by atoms with E-state index in [0.29, 0.717) is 48.3 Å². The number of hydrogen-bond donors (Lipinski definition) is 2. The summed E-state index contributed by atoms with van der Waals surface area (Å²) in [6.45, 7) is 2.91. The average molecular weight is 511 g/mol. The van der Waals surface area contributed by atoms with Crippen LogP contribution in [0.15, 0.2) is 4.99 Å². The lowest BCUT2D eigenvalue weighted by molar-refractivity contribution is 0.0991. The summed E-state index contributed by atoms with van der Waals surface area (Å²) in [5, 5.41) is 7.30. The Bertz CT molecular complexity index is 636. The third kappa shape index (κ3) is 5.50. The molecule has 4 rings (SSSR count). The third-order valence-corrected chi connectivity index (χ3v) is 8.53. The molecule has 6 unspecified atom stereocenters. The maximum absolute atomic E-state index is 11.7. The maximum atomic E-state index is 11.7. The van der Waals surface area contributed by atoms with Gasteiger partial charge in [-0.2, -0.15) is 0 Å². The Balaban J connectivity index is 0.00000210. The lowest BCUT2D eigenvalue weighted by Crippen LogP contribution is -2.52. The molecular weight excluding hydrogens is 477 g/mol. The number of nitrogens with zero attached hydrogens (tertiary/aromatic N) is 1. The van der Waals surface area contributed by atoms with Gasteiger partial charge in [-0.1, -0.05) is 19.8 Å². The number of hydrogen-bond acceptors (Lipinski definition) is 4. The molecule has 0 aromatic rings. The van der Waals surface area contributed by atoms with Crippen LogP contribution < -0.4 is 10.6 Å². The van der Waals surface area contributed by atoms with Gasteiger partial charge in [0.1, 0.15) is 0 Å². The van der Waals surface area contributed by atoms with E-state index in [-0.39, 0.29) is 29.9 Å². The fourth-order valence-electron chi connectivity index (χ4n) is 5.04. The van der Waals surface area contributed by atoms with Crippen molar-refractivity contribution in [3.05, 3.63) is 0 Å². The Kier molecular flexibility index (Phi) is 7.33. The van der Waals surface area contributed by atoms with Crippen molar-refractivity contribution in [3.8, 4) is 0 Å². The second-order valence-corrected chi connectivity index (χ2v) is 11.1. The van der Waals surface area contributed by atoms with Gasteiger partial charge in [0.2, 0.25) is 0 Å². The van der Waals surface area contributed by atoms with Crippen molar-refractivity contribution in [1.82, 2.24) is 10.6 Å². The lowest BCUT2D eigenvalue weighted by atomic mass is 9.86. The van der Waals surface area contributed by atoms with Gasteiger partial charge in [-0.25, -0.2) is 8.42 Å². The molecule has 6 nitrogen and oxygen atoms in total. The molecule has 3 aliphatic heterocycles. The first-order valence-electron chi connectivity index (χ1n) is 10.4. The number of guanidine groups is 1. The van der Waals surface area contributed by atoms with Gasteiger partial charge in [0.25, 0.3) is 0 Å². The molecule has 4 aliphatic rings. The van der Waals surface area contributed by atoms with Crippen LogP contribution in [0.1, 0.15) is 58.3 Å². The molecule has 0 aromatic carbocycles. The van der Waals surface area contributed by atoms with E-state index in [1.165, 1.54) is 32.1 Å². The molecule has 2 bridgehead atoms. The minimum Gasteiger partial charge on any atom is -0.373 e. The van der Waals surface area contributed by atoms with E-state index in [1.807, 2.05) is 0 Å². The Morgan fingerprint density at radius 1 is 1.07 bits per heavy atom. The van der Waals surface area contributed by atoms with Crippen LogP contribution in [0.25, 0.3) is 0 Å². The van der Waals surface area contributed by atoms with Crippen LogP contribution in [-0.4, -0.2) is 56.7 Å². The van der Waals surface area contributed by atoms with Crippen molar-refractivity contribution in [2.24, 2.45) is 16.8 Å². The zero-order chi connectivity index (χ0) is 18.1. The second-order valence-electron chi connectivity index (χ2n) is 8.83. The molecule has 27 heavy (non-hydrogen) atoms. The highest BCUT2D eigenvalue weighted by atomic mass is 127. The van der Waals surface area contributed by atoms with Crippen molar-refractivity contribution < 1.29 is 13.2 Å². The number of aliphatic imine (C=N–C) groups is 1. The predicted molar refractivity (Wildman–Crippen MR) is 118 cm³/mol. The minimum absolute atomic E-state index is 0. The largest absolute Gasteiger partial charge is 0.373 e. The molecular formula is C19H34IN3O3S. The van der Waals surface area contributed by atoms with Gasteiger partial charge in [-0.05, 0) is 50.4 Å². The molecule has 3 heterocycles. The van der Waals surface area contributed by atoms with Gasteiger partial charge >= 0.3 is 0 Å². The van der Waals surface area contributed by atoms with Crippen molar-refractivity contribution in [2.45, 2.75) is 82.6 Å². The van der Waals surface area contributed by atoms with Crippen LogP contribution >= 0.6 is 24.0 Å². The zero-order valence-electron chi connectivity index (χ0n) is 16.2. The highest BCUT2D eigenvalue weighted by molar-refractivity contribution is 14.0. The van der Waals surface area contributed by atoms with Gasteiger partial charge in [0, 0.05) is 12.6 Å². The van der Waals surface area contributed by atoms with Crippen LogP contribution in [0.4, 0.5) is 0 Å². The molecule has 2 N–H and O–H groups in total. The Morgan fingerprint density at radius 2 is 1.85 bits per heavy atom. The predicted octanol–water partition coefficient (Wildman–Crippen LogP) is 2.47. The first-order chi connectivity index (χ1) is 12.5. The summed E-state index contributed by atoms with van der Waals surface area (Å²) in [5.41, 5.74) is 0. The van der Waals surface area contributed by atoms with Gasteiger partial charge < -0.3 is 15.4 Å². The fraction of sp³-hybridized carbons (Fsp3) is 0.947. The molecule has 0 amide bonds. The monoisotopic (exact) mass is 511 g/mol. The van der Waals surface area contributed by atoms with Crippen molar-refractivity contribution >= 4 is 39.8 Å². The molecule has 4 fully saturated rings. The van der Waals surface area contributed by atoms with Crippen LogP contribution in [0.3, 0.4) is 0 Å². The van der Waals surface area contributed by atoms with E-state index in [9.17, 15) is 8.42 Å². The van der Waals surface area contributed by atoms with Gasteiger partial charge in [-0.15, -0.1) is 24.0 Å². The Morgan fingerprint density at radius 3 is 2.48 bits per heavy atom. The average Bonchev–Trinajstić information content (AvgIpc) is 3.30. The summed E-state index contributed by atoms with van der Waals surface area (Å²) >= 11 is 0. The van der Waals surface area contributed by atoms with Crippen molar-refractivity contribution in [3.63, 3.8) is 0 Å². The van der Waals surface area contributed by atoms with E-state index in [2.05, 4.69) is 17.6 Å². The molecule has 0 spiro atoms. The van der Waals surface area contributed by atoms with E-state index < -0.39 is 9.84 Å². The molecule has 8 heteroatoms. The summed E-state index contributed by atoms with van der Waals surface area (Å²) in [6.07, 6.45) is 9.89. The van der Waals surface area contributed by atoms with Crippen LogP contribution in [0, 0.1) is 11.8 Å². The quantitative estimate of drug-likeness (QED) is 0.345. The highest BCUT2D eigenvalue weighted by Crippen LogP contribution is 2.34. The van der Waals surface area contributed by atoms with E-state index >= 15 is 0 Å². The van der Waals surface area contributed by atoms with Gasteiger partial charge in [-0.3, -0.25) is 4.99 Å². The van der Waals surface area contributed by atoms with E-state index in [4.69, 9.17) is 9.73 Å². The van der Waals surface area contributed by atoms with Crippen LogP contribution in [0.5, 0.6) is 0 Å². The summed E-state index contributed by atoms with van der Waals surface area (Å²) in [5.74, 6) is 2.30. The number of fused-ring (bicyclic) bond motifs is 2. The highest BCUT2D eigenvalue weighted by Gasteiger charge is 2.41. The van der Waals surface area contributed by atoms with Crippen molar-refractivity contribution in [2.75, 3.05) is 18.1 Å². The Hall–Kier alpha value is -0.0900. The summed E-state index contributed by atoms with van der Waals surface area (Å²) in [4.78, 5) is 4.82. The number of nitrogens with one attached hydrogen (secondary N) is 2. The molecule has 0 radical (unpaired) electrons. The smallest absolute Gasteiger partial charge is 0.191 e. The molecule has 3 saturated heterocycles. The maximum Gasteiger partial charge on any atom is 0.191 e. The van der Waals surface area contributed by atoms with E-state index in [1.54, 1.807) is 0 Å². The van der Waals surface area contributed by atoms with Gasteiger partial charge in [0.15, 0.2) is 15.8 Å². The fourth-order valence-corrected chi connectivity index (χ4v) is 6.89. The Labute approximate surface area is 180 Å². The normalized spacial score (nSPS) is 40.6. The third-order valence-electron chi connectivity index (χ3n) is 6.70. The number of sulfone groups is 1. The minimum atomic E-state index is -2.84. The first kappa shape index (κ1) is 21.6. The first-order valence-corrected chi connectivity index (χ1v) is 12.2. The summed E-state index contributed by atoms with van der Waals surface area (Å²) < 4.78 is 29.4. The SMILES string of the molecule is CC1CCCCC1NC(=NCC1CCS(=O)(=O)C1)NC1CC2CCC1O2.I. The molecule has 6 atom stereocenters. The number of ether oxygens (including phenoxy) is 1. The van der Waals surface area contributed by atoms with Crippen molar-refractivity contribution in [1.29, 1.82) is 0 Å². The lowest BCUT2D eigenvalue weighted by Gasteiger charge is -2.32. The standard InChI is InChI=1S/C19H33N3O3S.HI/c1-13-4-2-3-5-16(13)21-19(20-11-14-8-9-26(23,24)12-14)22-17-10-15-6-7-18(17)25-15;/h13-18H,2-12H2,1H3,(H2,20,21,22);1H. The van der Waals surface area contributed by atoms with Crippen LogP contribution in [0.2, 0.25) is 0 Å². The molecule has 1 saturated carbocycles. The summed E-state index contributed by atoms with van der Waals surface area (Å²) in [7, 11) is -2.84. The molecule has 156 valence electrons. The van der Waals surface area contributed by atoms with E-state index in [0.717, 1.165) is 25.2 Å².